The minimum atomic E-state index is -0.225. The van der Waals surface area contributed by atoms with Gasteiger partial charge in [-0.2, -0.15) is 0 Å². The van der Waals surface area contributed by atoms with Crippen molar-refractivity contribution < 1.29 is 14.6 Å². The minimum Gasteiger partial charge on any atom is -0.384 e. The first-order chi connectivity index (χ1) is 9.60. The topological polar surface area (TPSA) is 49.8 Å². The van der Waals surface area contributed by atoms with Gasteiger partial charge in [0, 0.05) is 31.3 Å². The molecule has 1 amide bonds. The van der Waals surface area contributed by atoms with Gasteiger partial charge in [0.2, 0.25) is 0 Å². The maximum absolute atomic E-state index is 12.2. The maximum Gasteiger partial charge on any atom is 0.253 e. The van der Waals surface area contributed by atoms with Crippen LogP contribution in [0.3, 0.4) is 0 Å². The van der Waals surface area contributed by atoms with Crippen LogP contribution in [0.1, 0.15) is 22.8 Å². The van der Waals surface area contributed by atoms with Crippen molar-refractivity contribution in [2.45, 2.75) is 6.92 Å². The van der Waals surface area contributed by atoms with Crippen LogP contribution in [0.25, 0.3) is 0 Å². The third-order valence-corrected chi connectivity index (χ3v) is 2.95. The average Bonchev–Trinajstić information content (AvgIpc) is 2.45. The lowest BCUT2D eigenvalue weighted by Gasteiger charge is -2.17. The molecule has 0 aliphatic heterocycles. The van der Waals surface area contributed by atoms with E-state index in [4.69, 9.17) is 21.4 Å². The number of hydrogen-bond donors (Lipinski definition) is 1. The monoisotopic (exact) mass is 295 g/mol. The molecule has 1 rings (SSSR count). The van der Waals surface area contributed by atoms with Gasteiger partial charge in [-0.1, -0.05) is 23.4 Å². The molecule has 0 atom stereocenters. The number of ether oxygens (including phenoxy) is 1. The van der Waals surface area contributed by atoms with Gasteiger partial charge in [-0.05, 0) is 25.1 Å². The fraction of sp³-hybridized carbons (Fsp3) is 0.400. The highest BCUT2D eigenvalue weighted by atomic mass is 35.5. The van der Waals surface area contributed by atoms with Crippen molar-refractivity contribution in [2.75, 3.05) is 33.4 Å². The number of rotatable bonds is 5. The number of amides is 1. The van der Waals surface area contributed by atoms with E-state index < -0.39 is 0 Å². The van der Waals surface area contributed by atoms with Gasteiger partial charge in [-0.25, -0.2) is 0 Å². The zero-order valence-corrected chi connectivity index (χ0v) is 12.4. The van der Waals surface area contributed by atoms with Crippen LogP contribution in [0.15, 0.2) is 18.2 Å². The van der Waals surface area contributed by atoms with Crippen LogP contribution in [0.5, 0.6) is 0 Å². The SMILES string of the molecule is CCOCCN(C)C(=O)c1ccc(C#CCO)c(Cl)c1. The van der Waals surface area contributed by atoms with Gasteiger partial charge < -0.3 is 14.7 Å². The molecular weight excluding hydrogens is 278 g/mol. The van der Waals surface area contributed by atoms with Crippen LogP contribution in [0, 0.1) is 11.8 Å². The van der Waals surface area contributed by atoms with E-state index in [1.165, 1.54) is 0 Å². The summed E-state index contributed by atoms with van der Waals surface area (Å²) in [6.07, 6.45) is 0. The molecule has 0 aromatic heterocycles. The highest BCUT2D eigenvalue weighted by Crippen LogP contribution is 2.18. The first-order valence-corrected chi connectivity index (χ1v) is 6.70. The van der Waals surface area contributed by atoms with Gasteiger partial charge in [-0.3, -0.25) is 4.79 Å². The fourth-order valence-electron chi connectivity index (χ4n) is 1.55. The Morgan fingerprint density at radius 3 is 2.85 bits per heavy atom. The third kappa shape index (κ3) is 4.86. The Kier molecular flexibility index (Phi) is 7.10. The second-order valence-electron chi connectivity index (χ2n) is 4.08. The van der Waals surface area contributed by atoms with E-state index in [0.717, 1.165) is 0 Å². The number of benzene rings is 1. The lowest BCUT2D eigenvalue weighted by atomic mass is 10.1. The zero-order chi connectivity index (χ0) is 15.0. The van der Waals surface area contributed by atoms with Crippen molar-refractivity contribution in [2.24, 2.45) is 0 Å². The van der Waals surface area contributed by atoms with Crippen LogP contribution in [-0.2, 0) is 4.74 Å². The fourth-order valence-corrected chi connectivity index (χ4v) is 1.78. The van der Waals surface area contributed by atoms with E-state index in [0.29, 0.717) is 35.9 Å². The highest BCUT2D eigenvalue weighted by molar-refractivity contribution is 6.32. The molecule has 1 aromatic rings. The van der Waals surface area contributed by atoms with Crippen LogP contribution in [0.4, 0.5) is 0 Å². The largest absolute Gasteiger partial charge is 0.384 e. The third-order valence-electron chi connectivity index (χ3n) is 2.64. The normalized spacial score (nSPS) is 9.80. The molecule has 0 aliphatic rings. The molecule has 0 bridgehead atoms. The zero-order valence-electron chi connectivity index (χ0n) is 11.6. The minimum absolute atomic E-state index is 0.117. The summed E-state index contributed by atoms with van der Waals surface area (Å²) in [7, 11) is 1.72. The van der Waals surface area contributed by atoms with Crippen LogP contribution in [0.2, 0.25) is 5.02 Å². The van der Waals surface area contributed by atoms with Gasteiger partial charge >= 0.3 is 0 Å². The number of carbonyl (C=O) groups is 1. The summed E-state index contributed by atoms with van der Waals surface area (Å²) < 4.78 is 5.22. The van der Waals surface area contributed by atoms with E-state index >= 15 is 0 Å². The molecule has 5 heteroatoms. The number of nitrogens with zero attached hydrogens (tertiary/aromatic N) is 1. The Hall–Kier alpha value is -1.54. The van der Waals surface area contributed by atoms with Crippen LogP contribution < -0.4 is 0 Å². The van der Waals surface area contributed by atoms with Gasteiger partial charge in [0.1, 0.15) is 6.61 Å². The van der Waals surface area contributed by atoms with E-state index in [9.17, 15) is 4.79 Å². The van der Waals surface area contributed by atoms with Crippen molar-refractivity contribution in [3.05, 3.63) is 34.3 Å². The number of aliphatic hydroxyl groups excluding tert-OH is 1. The first-order valence-electron chi connectivity index (χ1n) is 6.32. The van der Waals surface area contributed by atoms with Gasteiger partial charge in [-0.15, -0.1) is 0 Å². The van der Waals surface area contributed by atoms with Crippen molar-refractivity contribution in [1.82, 2.24) is 4.90 Å². The summed E-state index contributed by atoms with van der Waals surface area (Å²) in [5.41, 5.74) is 1.10. The quantitative estimate of drug-likeness (QED) is 0.665. The van der Waals surface area contributed by atoms with Crippen LogP contribution >= 0.6 is 11.6 Å². The van der Waals surface area contributed by atoms with Crippen molar-refractivity contribution in [3.63, 3.8) is 0 Å². The first kappa shape index (κ1) is 16.5. The van der Waals surface area contributed by atoms with Gasteiger partial charge in [0.05, 0.1) is 11.6 Å². The van der Waals surface area contributed by atoms with E-state index in [1.807, 2.05) is 6.92 Å². The van der Waals surface area contributed by atoms with Crippen molar-refractivity contribution in [3.8, 4) is 11.8 Å². The molecular formula is C15H18ClNO3. The Morgan fingerprint density at radius 2 is 2.25 bits per heavy atom. The van der Waals surface area contributed by atoms with Gasteiger partial charge in [0.15, 0.2) is 0 Å². The summed E-state index contributed by atoms with van der Waals surface area (Å²) >= 11 is 6.06. The number of likely N-dealkylation sites (N-methyl/N-ethyl adjacent to an activating group) is 1. The molecule has 0 heterocycles. The Balaban J connectivity index is 2.76. The molecule has 0 fully saturated rings. The maximum atomic E-state index is 12.2. The molecule has 0 aliphatic carbocycles. The van der Waals surface area contributed by atoms with Gasteiger partial charge in [0.25, 0.3) is 5.91 Å². The molecule has 20 heavy (non-hydrogen) atoms. The molecule has 1 N–H and O–H groups in total. The average molecular weight is 296 g/mol. The molecule has 1 aromatic carbocycles. The molecule has 0 spiro atoms. The number of carbonyl (C=O) groups excluding carboxylic acids is 1. The summed E-state index contributed by atoms with van der Waals surface area (Å²) in [6, 6.07) is 4.93. The standard InChI is InChI=1S/C15H18ClNO3/c1-3-20-10-8-17(2)15(19)13-7-6-12(5-4-9-18)14(16)11-13/h6-7,11,18H,3,8-10H2,1-2H3. The van der Waals surface area contributed by atoms with Crippen molar-refractivity contribution in [1.29, 1.82) is 0 Å². The lowest BCUT2D eigenvalue weighted by molar-refractivity contribution is 0.0710. The Morgan fingerprint density at radius 1 is 1.50 bits per heavy atom. The van der Waals surface area contributed by atoms with E-state index in [2.05, 4.69) is 11.8 Å². The summed E-state index contributed by atoms with van der Waals surface area (Å²) in [4.78, 5) is 13.7. The Labute approximate surface area is 124 Å². The highest BCUT2D eigenvalue weighted by Gasteiger charge is 2.12. The summed E-state index contributed by atoms with van der Waals surface area (Å²) in [5, 5.41) is 9.05. The molecule has 108 valence electrons. The number of hydrogen-bond acceptors (Lipinski definition) is 3. The van der Waals surface area contributed by atoms with E-state index in [-0.39, 0.29) is 12.5 Å². The Bertz CT molecular complexity index is 520. The molecule has 0 radical (unpaired) electrons. The smallest absolute Gasteiger partial charge is 0.253 e. The predicted octanol–water partition coefficient (Wildman–Crippen LogP) is 1.79. The number of halogens is 1. The van der Waals surface area contributed by atoms with Crippen LogP contribution in [-0.4, -0.2) is 49.3 Å². The second-order valence-corrected chi connectivity index (χ2v) is 4.49. The lowest BCUT2D eigenvalue weighted by Crippen LogP contribution is -2.30. The molecule has 0 saturated heterocycles. The summed E-state index contributed by atoms with van der Waals surface area (Å²) in [6.45, 7) is 3.35. The van der Waals surface area contributed by atoms with E-state index in [1.54, 1.807) is 30.1 Å². The predicted molar refractivity (Wildman–Crippen MR) is 78.9 cm³/mol. The second kappa shape index (κ2) is 8.60. The van der Waals surface area contributed by atoms with Crippen molar-refractivity contribution >= 4 is 17.5 Å². The molecule has 0 unspecified atom stereocenters. The number of aliphatic hydroxyl groups is 1. The molecule has 0 saturated carbocycles. The molecule has 4 nitrogen and oxygen atoms in total. The summed E-state index contributed by atoms with van der Waals surface area (Å²) in [5.74, 6) is 5.13.